The number of rotatable bonds is 11. The summed E-state index contributed by atoms with van der Waals surface area (Å²) in [5.41, 5.74) is 13.9. The molecule has 8 heteroatoms. The van der Waals surface area contributed by atoms with Crippen LogP contribution >= 0.6 is 0 Å². The van der Waals surface area contributed by atoms with Crippen LogP contribution in [-0.2, 0) is 11.3 Å². The minimum Gasteiger partial charge on any atom is -0.481 e. The van der Waals surface area contributed by atoms with Gasteiger partial charge in [-0.3, -0.25) is 4.79 Å². The molecule has 1 aromatic heterocycles. The zero-order valence-corrected chi connectivity index (χ0v) is 24.0. The molecule has 0 aliphatic heterocycles. The molecule has 1 aliphatic carbocycles. The second kappa shape index (κ2) is 13.4. The molecule has 0 atom stereocenters. The Labute approximate surface area is 237 Å². The molecule has 1 heterocycles. The number of ether oxygens (including phenoxy) is 1. The van der Waals surface area contributed by atoms with Gasteiger partial charge < -0.3 is 15.4 Å². The first-order valence-electron chi connectivity index (χ1n) is 14.2. The first kappa shape index (κ1) is 29.1. The van der Waals surface area contributed by atoms with E-state index in [0.717, 1.165) is 59.2 Å². The number of unbranched alkanes of at least 4 members (excludes halogenated alkanes) is 1. The molecule has 0 unspecified atom stereocenters. The molecule has 3 aromatic rings. The van der Waals surface area contributed by atoms with Crippen molar-refractivity contribution in [3.05, 3.63) is 71.8 Å². The number of carbonyl (C=O) groups is 1. The van der Waals surface area contributed by atoms with Gasteiger partial charge >= 0.3 is 0 Å². The Morgan fingerprint density at radius 2 is 1.80 bits per heavy atom. The Morgan fingerprint density at radius 1 is 1.07 bits per heavy atom. The van der Waals surface area contributed by atoms with Crippen LogP contribution in [0.2, 0.25) is 0 Å². The fourth-order valence-corrected chi connectivity index (χ4v) is 5.58. The molecule has 0 spiro atoms. The van der Waals surface area contributed by atoms with Crippen molar-refractivity contribution in [2.75, 3.05) is 7.11 Å². The lowest BCUT2D eigenvalue weighted by Gasteiger charge is -2.44. The van der Waals surface area contributed by atoms with Gasteiger partial charge in [0, 0.05) is 35.7 Å². The Kier molecular flexibility index (Phi) is 9.77. The SMILES string of the molecule is CCCCC(=O)N(Cc1ccc(-c2cc(-c3cccc(OC)n3)ccc2/C(N)=N/NN)cc1)C1(C)CCCCC1. The molecule has 40 heavy (non-hydrogen) atoms. The maximum Gasteiger partial charge on any atom is 0.223 e. The molecule has 0 bridgehead atoms. The van der Waals surface area contributed by atoms with Crippen LogP contribution in [0, 0.1) is 0 Å². The summed E-state index contributed by atoms with van der Waals surface area (Å²) in [6, 6.07) is 20.0. The van der Waals surface area contributed by atoms with Crippen LogP contribution in [-0.4, -0.2) is 34.3 Å². The maximum absolute atomic E-state index is 13.4. The zero-order valence-electron chi connectivity index (χ0n) is 24.0. The average molecular weight is 543 g/mol. The topological polar surface area (TPSA) is 119 Å². The van der Waals surface area contributed by atoms with Crippen LogP contribution in [0.4, 0.5) is 0 Å². The van der Waals surface area contributed by atoms with Crippen LogP contribution in [0.5, 0.6) is 5.88 Å². The fourth-order valence-electron chi connectivity index (χ4n) is 5.58. The van der Waals surface area contributed by atoms with Crippen LogP contribution < -0.4 is 21.8 Å². The summed E-state index contributed by atoms with van der Waals surface area (Å²) in [6.45, 7) is 5.01. The van der Waals surface area contributed by atoms with E-state index in [1.165, 1.54) is 19.3 Å². The van der Waals surface area contributed by atoms with Crippen LogP contribution in [0.1, 0.15) is 76.3 Å². The predicted octanol–water partition coefficient (Wildman–Crippen LogP) is 5.75. The summed E-state index contributed by atoms with van der Waals surface area (Å²) >= 11 is 0. The van der Waals surface area contributed by atoms with E-state index < -0.39 is 0 Å². The second-order valence-electron chi connectivity index (χ2n) is 10.8. The highest BCUT2D eigenvalue weighted by Crippen LogP contribution is 2.36. The van der Waals surface area contributed by atoms with Crippen LogP contribution in [0.3, 0.4) is 0 Å². The quantitative estimate of drug-likeness (QED) is 0.123. The number of nitrogens with two attached hydrogens (primary N) is 2. The van der Waals surface area contributed by atoms with Gasteiger partial charge in [-0.15, -0.1) is 5.10 Å². The molecule has 1 saturated carbocycles. The van der Waals surface area contributed by atoms with E-state index in [1.54, 1.807) is 7.11 Å². The van der Waals surface area contributed by atoms with Crippen LogP contribution in [0.15, 0.2) is 65.8 Å². The summed E-state index contributed by atoms with van der Waals surface area (Å²) in [5, 5.41) is 4.01. The summed E-state index contributed by atoms with van der Waals surface area (Å²) in [6.07, 6.45) is 8.27. The van der Waals surface area contributed by atoms with E-state index in [0.29, 0.717) is 18.8 Å². The number of aromatic nitrogens is 1. The van der Waals surface area contributed by atoms with Crippen molar-refractivity contribution in [3.8, 4) is 28.3 Å². The molecule has 1 fully saturated rings. The van der Waals surface area contributed by atoms with E-state index in [4.69, 9.17) is 16.3 Å². The molecular formula is C32H42N6O2. The molecule has 1 amide bonds. The Morgan fingerprint density at radius 3 is 2.48 bits per heavy atom. The number of amides is 1. The smallest absolute Gasteiger partial charge is 0.223 e. The summed E-state index contributed by atoms with van der Waals surface area (Å²) in [4.78, 5) is 20.1. The molecule has 4 rings (SSSR count). The lowest BCUT2D eigenvalue weighted by atomic mass is 9.81. The van der Waals surface area contributed by atoms with Gasteiger partial charge in [-0.1, -0.05) is 69.0 Å². The number of hydrazine groups is 1. The largest absolute Gasteiger partial charge is 0.481 e. The van der Waals surface area contributed by atoms with Gasteiger partial charge in [0.15, 0.2) is 5.84 Å². The molecule has 0 saturated heterocycles. The first-order chi connectivity index (χ1) is 19.4. The highest BCUT2D eigenvalue weighted by atomic mass is 16.5. The van der Waals surface area contributed by atoms with Crippen LogP contribution in [0.25, 0.3) is 22.4 Å². The summed E-state index contributed by atoms with van der Waals surface area (Å²) in [5.74, 6) is 6.52. The number of hydrazone groups is 1. The summed E-state index contributed by atoms with van der Waals surface area (Å²) in [7, 11) is 1.60. The van der Waals surface area contributed by atoms with E-state index in [2.05, 4.69) is 64.7 Å². The third-order valence-corrected chi connectivity index (χ3v) is 7.94. The van der Waals surface area contributed by atoms with E-state index in [1.807, 2.05) is 30.3 Å². The number of carbonyl (C=O) groups excluding carboxylic acids is 1. The van der Waals surface area contributed by atoms with Gasteiger partial charge in [-0.05, 0) is 61.1 Å². The van der Waals surface area contributed by atoms with Crippen molar-refractivity contribution in [1.82, 2.24) is 15.4 Å². The number of hydrogen-bond donors (Lipinski definition) is 3. The number of hydrogen-bond acceptors (Lipinski definition) is 6. The minimum atomic E-state index is -0.0902. The van der Waals surface area contributed by atoms with E-state index in [9.17, 15) is 4.79 Å². The third-order valence-electron chi connectivity index (χ3n) is 7.94. The number of nitrogens with one attached hydrogen (secondary N) is 1. The van der Waals surface area contributed by atoms with Crippen molar-refractivity contribution in [3.63, 3.8) is 0 Å². The second-order valence-corrected chi connectivity index (χ2v) is 10.8. The highest BCUT2D eigenvalue weighted by molar-refractivity contribution is 6.04. The lowest BCUT2D eigenvalue weighted by Crippen LogP contribution is -2.50. The molecular weight excluding hydrogens is 500 g/mol. The molecule has 8 nitrogen and oxygen atoms in total. The number of pyridine rings is 1. The average Bonchev–Trinajstić information content (AvgIpc) is 2.99. The maximum atomic E-state index is 13.4. The third kappa shape index (κ3) is 6.80. The first-order valence-corrected chi connectivity index (χ1v) is 14.2. The van der Waals surface area contributed by atoms with Crippen molar-refractivity contribution >= 4 is 11.7 Å². The monoisotopic (exact) mass is 542 g/mol. The number of amidine groups is 1. The van der Waals surface area contributed by atoms with Gasteiger partial charge in [0.1, 0.15) is 0 Å². The molecule has 0 radical (unpaired) electrons. The minimum absolute atomic E-state index is 0.0902. The normalized spacial score (nSPS) is 14.9. The van der Waals surface area contributed by atoms with Gasteiger partial charge in [-0.2, -0.15) is 0 Å². The predicted molar refractivity (Wildman–Crippen MR) is 161 cm³/mol. The van der Waals surface area contributed by atoms with Crippen molar-refractivity contribution < 1.29 is 9.53 Å². The number of nitrogens with zero attached hydrogens (tertiary/aromatic N) is 3. The van der Waals surface area contributed by atoms with Gasteiger partial charge in [-0.25, -0.2) is 16.4 Å². The van der Waals surface area contributed by atoms with E-state index in [-0.39, 0.29) is 17.3 Å². The Balaban J connectivity index is 1.67. The van der Waals surface area contributed by atoms with Gasteiger partial charge in [0.2, 0.25) is 11.8 Å². The van der Waals surface area contributed by atoms with Crippen molar-refractivity contribution in [2.45, 2.75) is 77.3 Å². The Hall–Kier alpha value is -3.91. The zero-order chi connectivity index (χ0) is 28.5. The number of methoxy groups -OCH3 is 1. The lowest BCUT2D eigenvalue weighted by molar-refractivity contribution is -0.139. The van der Waals surface area contributed by atoms with Crippen molar-refractivity contribution in [2.24, 2.45) is 16.7 Å². The number of benzene rings is 2. The summed E-state index contributed by atoms with van der Waals surface area (Å²) < 4.78 is 5.32. The molecule has 2 aromatic carbocycles. The Bertz CT molecular complexity index is 1320. The molecule has 1 aliphatic rings. The van der Waals surface area contributed by atoms with E-state index >= 15 is 0 Å². The van der Waals surface area contributed by atoms with Gasteiger partial charge in [0.05, 0.1) is 12.8 Å². The standard InChI is InChI=1S/C32H42N6O2/c1-4-5-12-30(39)38(32(2)19-7-6-8-20-32)22-23-13-15-24(16-14-23)27-21-25(17-18-26(27)31(33)36-37-34)28-10-9-11-29(35-28)40-3/h9-11,13-18,21,37H,4-8,12,19-20,22,34H2,1-3H3,(H2,33,36). The molecule has 212 valence electrons. The fraction of sp³-hybridized carbons (Fsp3) is 0.406. The highest BCUT2D eigenvalue weighted by Gasteiger charge is 2.36. The molecule has 5 N–H and O–H groups in total. The van der Waals surface area contributed by atoms with Gasteiger partial charge in [0.25, 0.3) is 0 Å². The van der Waals surface area contributed by atoms with Crippen molar-refractivity contribution in [1.29, 1.82) is 0 Å².